The lowest BCUT2D eigenvalue weighted by Gasteiger charge is -2.31. The molecule has 1 fully saturated rings. The SMILES string of the molecule is CC1/C=C\c2nc(N3CCN(C)CC3)oc2C=CC1. The van der Waals surface area contributed by atoms with Gasteiger partial charge in [-0.3, -0.25) is 0 Å². The van der Waals surface area contributed by atoms with Crippen molar-refractivity contribution in [2.45, 2.75) is 13.3 Å². The van der Waals surface area contributed by atoms with Crippen molar-refractivity contribution >= 4 is 18.2 Å². The molecule has 1 aliphatic heterocycles. The lowest BCUT2D eigenvalue weighted by atomic mass is 10.0. The normalized spacial score (nSPS) is 25.8. The topological polar surface area (TPSA) is 32.5 Å². The van der Waals surface area contributed by atoms with Crippen LogP contribution in [0.3, 0.4) is 0 Å². The number of hydrogen-bond acceptors (Lipinski definition) is 4. The van der Waals surface area contributed by atoms with E-state index in [1.54, 1.807) is 0 Å². The average molecular weight is 259 g/mol. The molecule has 1 unspecified atom stereocenters. The number of fused-ring (bicyclic) bond motifs is 1. The van der Waals surface area contributed by atoms with Crippen molar-refractivity contribution in [3.05, 3.63) is 23.6 Å². The van der Waals surface area contributed by atoms with Crippen molar-refractivity contribution in [1.82, 2.24) is 9.88 Å². The number of oxazole rings is 1. The Morgan fingerprint density at radius 1 is 1.21 bits per heavy atom. The van der Waals surface area contributed by atoms with Crippen molar-refractivity contribution in [3.63, 3.8) is 0 Å². The molecule has 0 saturated carbocycles. The number of anilines is 1. The van der Waals surface area contributed by atoms with E-state index in [1.807, 2.05) is 0 Å². The molecule has 0 N–H and O–H groups in total. The molecule has 1 aromatic heterocycles. The van der Waals surface area contributed by atoms with Crippen molar-refractivity contribution in [2.24, 2.45) is 5.92 Å². The first-order chi connectivity index (χ1) is 9.22. The van der Waals surface area contributed by atoms with E-state index in [0.717, 1.165) is 50.1 Å². The van der Waals surface area contributed by atoms with Crippen LogP contribution in [0.5, 0.6) is 0 Å². The van der Waals surface area contributed by atoms with Crippen LogP contribution in [0.1, 0.15) is 24.8 Å². The molecule has 0 amide bonds. The zero-order valence-corrected chi connectivity index (χ0v) is 11.7. The second kappa shape index (κ2) is 5.21. The Kier molecular flexibility index (Phi) is 3.42. The van der Waals surface area contributed by atoms with Crippen LogP contribution in [0.25, 0.3) is 12.2 Å². The van der Waals surface area contributed by atoms with Crippen LogP contribution in [0.2, 0.25) is 0 Å². The van der Waals surface area contributed by atoms with Gasteiger partial charge in [-0.2, -0.15) is 4.98 Å². The number of rotatable bonds is 1. The van der Waals surface area contributed by atoms with Crippen molar-refractivity contribution in [3.8, 4) is 0 Å². The van der Waals surface area contributed by atoms with Crippen LogP contribution < -0.4 is 4.90 Å². The molecule has 0 bridgehead atoms. The smallest absolute Gasteiger partial charge is 0.298 e. The highest BCUT2D eigenvalue weighted by Crippen LogP contribution is 2.25. The highest BCUT2D eigenvalue weighted by Gasteiger charge is 2.20. The zero-order chi connectivity index (χ0) is 13.2. The second-order valence-electron chi connectivity index (χ2n) is 5.51. The van der Waals surface area contributed by atoms with Gasteiger partial charge in [-0.15, -0.1) is 0 Å². The summed E-state index contributed by atoms with van der Waals surface area (Å²) in [4.78, 5) is 9.20. The maximum absolute atomic E-state index is 5.91. The Morgan fingerprint density at radius 3 is 2.79 bits per heavy atom. The van der Waals surface area contributed by atoms with E-state index in [1.165, 1.54) is 0 Å². The Labute approximate surface area is 114 Å². The second-order valence-corrected chi connectivity index (χ2v) is 5.51. The van der Waals surface area contributed by atoms with Crippen molar-refractivity contribution in [2.75, 3.05) is 38.1 Å². The highest BCUT2D eigenvalue weighted by molar-refractivity contribution is 5.61. The summed E-state index contributed by atoms with van der Waals surface area (Å²) in [6.07, 6.45) is 9.58. The molecule has 19 heavy (non-hydrogen) atoms. The highest BCUT2D eigenvalue weighted by atomic mass is 16.4. The standard InChI is InChI=1S/C15H21N3O/c1-12-4-3-5-14-13(7-6-12)16-15(19-14)18-10-8-17(2)9-11-18/h3,5-7,12H,4,8-11H2,1-2H3/b5-3?,7-6-. The summed E-state index contributed by atoms with van der Waals surface area (Å²) in [5, 5.41) is 0. The predicted molar refractivity (Wildman–Crippen MR) is 78.1 cm³/mol. The van der Waals surface area contributed by atoms with Crippen LogP contribution in [0.4, 0.5) is 6.01 Å². The number of aromatic nitrogens is 1. The largest absolute Gasteiger partial charge is 0.423 e. The molecule has 1 atom stereocenters. The van der Waals surface area contributed by atoms with Gasteiger partial charge in [-0.25, -0.2) is 0 Å². The molecule has 1 saturated heterocycles. The fourth-order valence-corrected chi connectivity index (χ4v) is 2.43. The van der Waals surface area contributed by atoms with Gasteiger partial charge in [0, 0.05) is 26.2 Å². The van der Waals surface area contributed by atoms with E-state index < -0.39 is 0 Å². The van der Waals surface area contributed by atoms with Gasteiger partial charge >= 0.3 is 0 Å². The average Bonchev–Trinajstić information content (AvgIpc) is 2.78. The first-order valence-electron chi connectivity index (χ1n) is 7.01. The van der Waals surface area contributed by atoms with E-state index >= 15 is 0 Å². The molecule has 2 heterocycles. The summed E-state index contributed by atoms with van der Waals surface area (Å²) in [5.41, 5.74) is 0.955. The number of likely N-dealkylation sites (N-methyl/N-ethyl adjacent to an activating group) is 1. The van der Waals surface area contributed by atoms with E-state index in [-0.39, 0.29) is 0 Å². The lowest BCUT2D eigenvalue weighted by Crippen LogP contribution is -2.44. The number of piperazine rings is 1. The first kappa shape index (κ1) is 12.5. The van der Waals surface area contributed by atoms with Gasteiger partial charge in [-0.05, 0) is 31.5 Å². The fraction of sp³-hybridized carbons (Fsp3) is 0.533. The number of hydrogen-bond donors (Lipinski definition) is 0. The maximum atomic E-state index is 5.91. The quantitative estimate of drug-likeness (QED) is 0.775. The molecule has 4 nitrogen and oxygen atoms in total. The van der Waals surface area contributed by atoms with Crippen LogP contribution in [-0.4, -0.2) is 43.1 Å². The Bertz CT molecular complexity index is 495. The van der Waals surface area contributed by atoms with Crippen molar-refractivity contribution in [1.29, 1.82) is 0 Å². The molecular formula is C15H21N3O. The van der Waals surface area contributed by atoms with Crippen molar-refractivity contribution < 1.29 is 4.42 Å². The van der Waals surface area contributed by atoms with Gasteiger partial charge < -0.3 is 14.2 Å². The van der Waals surface area contributed by atoms with Gasteiger partial charge in [0.15, 0.2) is 5.76 Å². The first-order valence-corrected chi connectivity index (χ1v) is 7.01. The molecular weight excluding hydrogens is 238 g/mol. The van der Waals surface area contributed by atoms with Gasteiger partial charge in [-0.1, -0.05) is 19.1 Å². The summed E-state index contributed by atoms with van der Waals surface area (Å²) in [5.74, 6) is 1.45. The zero-order valence-electron chi connectivity index (χ0n) is 11.7. The third kappa shape index (κ3) is 2.73. The molecule has 1 aromatic rings. The third-order valence-electron chi connectivity index (χ3n) is 3.80. The van der Waals surface area contributed by atoms with E-state index in [4.69, 9.17) is 4.42 Å². The third-order valence-corrected chi connectivity index (χ3v) is 3.80. The molecule has 1 aliphatic carbocycles. The Morgan fingerprint density at radius 2 is 2.00 bits per heavy atom. The van der Waals surface area contributed by atoms with Gasteiger partial charge in [0.25, 0.3) is 6.01 Å². The maximum Gasteiger partial charge on any atom is 0.298 e. The van der Waals surface area contributed by atoms with Gasteiger partial charge in [0.05, 0.1) is 0 Å². The minimum absolute atomic E-state index is 0.563. The van der Waals surface area contributed by atoms with Crippen LogP contribution in [0.15, 0.2) is 16.6 Å². The summed E-state index contributed by atoms with van der Waals surface area (Å²) in [6.45, 7) is 6.32. The lowest BCUT2D eigenvalue weighted by molar-refractivity contribution is 0.304. The van der Waals surface area contributed by atoms with Crippen LogP contribution in [0, 0.1) is 5.92 Å². The Balaban J connectivity index is 1.83. The Hall–Kier alpha value is -1.55. The minimum atomic E-state index is 0.563. The molecule has 102 valence electrons. The van der Waals surface area contributed by atoms with E-state index in [0.29, 0.717) is 5.92 Å². The summed E-state index contributed by atoms with van der Waals surface area (Å²) in [6, 6.07) is 0.766. The molecule has 0 aromatic carbocycles. The number of nitrogens with zero attached hydrogens (tertiary/aromatic N) is 3. The fourth-order valence-electron chi connectivity index (χ4n) is 2.43. The van der Waals surface area contributed by atoms with E-state index in [9.17, 15) is 0 Å². The molecule has 3 rings (SSSR count). The van der Waals surface area contributed by atoms with E-state index in [2.05, 4.69) is 53.1 Å². The molecule has 0 spiro atoms. The van der Waals surface area contributed by atoms with Gasteiger partial charge in [0.1, 0.15) is 5.69 Å². The molecule has 0 radical (unpaired) electrons. The molecule has 2 aliphatic rings. The summed E-state index contributed by atoms with van der Waals surface area (Å²) >= 11 is 0. The summed E-state index contributed by atoms with van der Waals surface area (Å²) in [7, 11) is 2.15. The van der Waals surface area contributed by atoms with Crippen LogP contribution in [-0.2, 0) is 0 Å². The monoisotopic (exact) mass is 259 g/mol. The predicted octanol–water partition coefficient (Wildman–Crippen LogP) is 2.49. The van der Waals surface area contributed by atoms with Gasteiger partial charge in [0.2, 0.25) is 0 Å². The summed E-state index contributed by atoms with van der Waals surface area (Å²) < 4.78 is 5.91. The number of allylic oxidation sites excluding steroid dienone is 2. The minimum Gasteiger partial charge on any atom is -0.423 e. The molecule has 4 heteroatoms. The van der Waals surface area contributed by atoms with Crippen LogP contribution >= 0.6 is 0 Å².